The van der Waals surface area contributed by atoms with Crippen LogP contribution in [0.2, 0.25) is 0 Å². The molecule has 0 radical (unpaired) electrons. The van der Waals surface area contributed by atoms with Crippen LogP contribution in [-0.2, 0) is 4.79 Å². The van der Waals surface area contributed by atoms with Crippen molar-refractivity contribution in [1.29, 1.82) is 0 Å². The first-order valence-electron chi connectivity index (χ1n) is 8.00. The molecule has 0 atom stereocenters. The van der Waals surface area contributed by atoms with Gasteiger partial charge in [0.2, 0.25) is 5.91 Å². The molecule has 1 aromatic heterocycles. The van der Waals surface area contributed by atoms with E-state index in [1.807, 2.05) is 28.9 Å². The van der Waals surface area contributed by atoms with E-state index in [2.05, 4.69) is 5.32 Å². The number of thiophene rings is 1. The van der Waals surface area contributed by atoms with Crippen LogP contribution in [-0.4, -0.2) is 60.9 Å². The number of amides is 2. The molecule has 2 aliphatic rings. The average Bonchev–Trinajstić information content (AvgIpc) is 3.01. The molecule has 120 valence electrons. The van der Waals surface area contributed by atoms with Crippen LogP contribution in [0.15, 0.2) is 12.1 Å². The van der Waals surface area contributed by atoms with Gasteiger partial charge in [-0.05, 0) is 45.0 Å². The Bertz CT molecular complexity index is 543. The van der Waals surface area contributed by atoms with Crippen molar-refractivity contribution in [2.45, 2.75) is 19.8 Å². The summed E-state index contributed by atoms with van der Waals surface area (Å²) in [6.07, 6.45) is 1.87. The molecule has 3 heterocycles. The third kappa shape index (κ3) is 3.33. The first kappa shape index (κ1) is 15.5. The molecular weight excluding hydrogens is 298 g/mol. The lowest BCUT2D eigenvalue weighted by Crippen LogP contribution is -2.52. The molecule has 3 rings (SSSR count). The van der Waals surface area contributed by atoms with Gasteiger partial charge in [-0.2, -0.15) is 0 Å². The highest BCUT2D eigenvalue weighted by atomic mass is 32.1. The number of carbonyl (C=O) groups is 2. The lowest BCUT2D eigenvalue weighted by molar-refractivity contribution is -0.137. The number of carbonyl (C=O) groups excluding carboxylic acids is 2. The van der Waals surface area contributed by atoms with Crippen molar-refractivity contribution in [1.82, 2.24) is 15.1 Å². The molecule has 1 N–H and O–H groups in total. The topological polar surface area (TPSA) is 52.7 Å². The van der Waals surface area contributed by atoms with Gasteiger partial charge in [0, 0.05) is 37.0 Å². The molecule has 1 aromatic rings. The summed E-state index contributed by atoms with van der Waals surface area (Å²) < 4.78 is 0. The molecule has 0 spiro atoms. The molecule has 2 fully saturated rings. The van der Waals surface area contributed by atoms with Gasteiger partial charge in [0.25, 0.3) is 5.91 Å². The van der Waals surface area contributed by atoms with Gasteiger partial charge in [-0.3, -0.25) is 9.59 Å². The zero-order valence-corrected chi connectivity index (χ0v) is 13.8. The van der Waals surface area contributed by atoms with Gasteiger partial charge in [0.1, 0.15) is 0 Å². The number of hydrogen-bond donors (Lipinski definition) is 1. The van der Waals surface area contributed by atoms with Crippen molar-refractivity contribution >= 4 is 23.2 Å². The Morgan fingerprint density at radius 1 is 1.09 bits per heavy atom. The first-order chi connectivity index (χ1) is 10.6. The maximum Gasteiger partial charge on any atom is 0.264 e. The Hall–Kier alpha value is -1.40. The minimum atomic E-state index is 0.104. The van der Waals surface area contributed by atoms with Crippen LogP contribution in [0.5, 0.6) is 0 Å². The van der Waals surface area contributed by atoms with E-state index in [9.17, 15) is 9.59 Å². The van der Waals surface area contributed by atoms with E-state index < -0.39 is 0 Å². The van der Waals surface area contributed by atoms with Crippen LogP contribution in [0.4, 0.5) is 0 Å². The fraction of sp³-hybridized carbons (Fsp3) is 0.625. The van der Waals surface area contributed by atoms with E-state index >= 15 is 0 Å². The SMILES string of the molecule is Cc1ccc(C(=O)N2CCN(C(=O)C3CCNCC3)CC2)s1. The Balaban J connectivity index is 1.53. The normalized spacial score (nSPS) is 20.2. The highest BCUT2D eigenvalue weighted by Gasteiger charge is 2.30. The summed E-state index contributed by atoms with van der Waals surface area (Å²) in [6.45, 7) is 6.51. The lowest BCUT2D eigenvalue weighted by Gasteiger charge is -2.37. The van der Waals surface area contributed by atoms with Gasteiger partial charge in [-0.15, -0.1) is 11.3 Å². The summed E-state index contributed by atoms with van der Waals surface area (Å²) in [5.74, 6) is 0.552. The maximum atomic E-state index is 12.5. The van der Waals surface area contributed by atoms with E-state index in [0.29, 0.717) is 26.2 Å². The third-order valence-corrected chi connectivity index (χ3v) is 5.51. The van der Waals surface area contributed by atoms with Crippen LogP contribution >= 0.6 is 11.3 Å². The maximum absolute atomic E-state index is 12.5. The molecule has 2 saturated heterocycles. The number of piperidine rings is 1. The number of hydrogen-bond acceptors (Lipinski definition) is 4. The van der Waals surface area contributed by atoms with E-state index in [0.717, 1.165) is 35.7 Å². The molecule has 0 bridgehead atoms. The zero-order chi connectivity index (χ0) is 15.5. The molecule has 0 unspecified atom stereocenters. The summed E-state index contributed by atoms with van der Waals surface area (Å²) >= 11 is 1.54. The molecule has 0 aliphatic carbocycles. The van der Waals surface area contributed by atoms with Crippen LogP contribution < -0.4 is 5.32 Å². The highest BCUT2D eigenvalue weighted by molar-refractivity contribution is 7.13. The van der Waals surface area contributed by atoms with E-state index in [-0.39, 0.29) is 17.7 Å². The van der Waals surface area contributed by atoms with Gasteiger partial charge < -0.3 is 15.1 Å². The number of aryl methyl sites for hydroxylation is 1. The van der Waals surface area contributed by atoms with Gasteiger partial charge in [-0.25, -0.2) is 0 Å². The third-order valence-electron chi connectivity index (χ3n) is 4.52. The van der Waals surface area contributed by atoms with Crippen molar-refractivity contribution in [2.24, 2.45) is 5.92 Å². The molecule has 22 heavy (non-hydrogen) atoms. The summed E-state index contributed by atoms with van der Waals surface area (Å²) in [4.78, 5) is 30.7. The fourth-order valence-corrected chi connectivity index (χ4v) is 4.00. The minimum Gasteiger partial charge on any atom is -0.339 e. The summed E-state index contributed by atoms with van der Waals surface area (Å²) in [5.41, 5.74) is 0. The van der Waals surface area contributed by atoms with Gasteiger partial charge in [0.05, 0.1) is 4.88 Å². The van der Waals surface area contributed by atoms with Gasteiger partial charge in [0.15, 0.2) is 0 Å². The summed E-state index contributed by atoms with van der Waals surface area (Å²) in [6, 6.07) is 3.88. The van der Waals surface area contributed by atoms with Crippen LogP contribution in [0, 0.1) is 12.8 Å². The van der Waals surface area contributed by atoms with Gasteiger partial charge >= 0.3 is 0 Å². The largest absolute Gasteiger partial charge is 0.339 e. The molecule has 0 aromatic carbocycles. The summed E-state index contributed by atoms with van der Waals surface area (Å²) in [5, 5.41) is 3.29. The predicted octanol–water partition coefficient (Wildman–Crippen LogP) is 1.34. The monoisotopic (exact) mass is 321 g/mol. The smallest absolute Gasteiger partial charge is 0.264 e. The van der Waals surface area contributed by atoms with Gasteiger partial charge in [-0.1, -0.05) is 0 Å². The first-order valence-corrected chi connectivity index (χ1v) is 8.82. The molecule has 5 nitrogen and oxygen atoms in total. The second-order valence-electron chi connectivity index (χ2n) is 6.05. The van der Waals surface area contributed by atoms with Crippen LogP contribution in [0.1, 0.15) is 27.4 Å². The fourth-order valence-electron chi connectivity index (χ4n) is 3.16. The second kappa shape index (κ2) is 6.79. The Morgan fingerprint density at radius 2 is 1.73 bits per heavy atom. The van der Waals surface area contributed by atoms with Crippen LogP contribution in [0.25, 0.3) is 0 Å². The summed E-state index contributed by atoms with van der Waals surface area (Å²) in [7, 11) is 0. The van der Waals surface area contributed by atoms with E-state index in [1.54, 1.807) is 11.3 Å². The van der Waals surface area contributed by atoms with Crippen LogP contribution in [0.3, 0.4) is 0 Å². The molecule has 6 heteroatoms. The Morgan fingerprint density at radius 3 is 2.32 bits per heavy atom. The minimum absolute atomic E-state index is 0.104. The van der Waals surface area contributed by atoms with Crippen molar-refractivity contribution in [3.8, 4) is 0 Å². The van der Waals surface area contributed by atoms with Crippen molar-refractivity contribution in [3.63, 3.8) is 0 Å². The molecule has 2 aliphatic heterocycles. The number of nitrogens with one attached hydrogen (secondary N) is 1. The van der Waals surface area contributed by atoms with E-state index in [1.165, 1.54) is 0 Å². The molecule has 0 saturated carbocycles. The molecular formula is C16H23N3O2S. The number of nitrogens with zero attached hydrogens (tertiary/aromatic N) is 2. The number of piperazine rings is 1. The van der Waals surface area contributed by atoms with Crippen molar-refractivity contribution in [3.05, 3.63) is 21.9 Å². The number of rotatable bonds is 2. The zero-order valence-electron chi connectivity index (χ0n) is 13.0. The highest BCUT2D eigenvalue weighted by Crippen LogP contribution is 2.20. The predicted molar refractivity (Wildman–Crippen MR) is 87.1 cm³/mol. The Kier molecular flexibility index (Phi) is 4.78. The van der Waals surface area contributed by atoms with E-state index in [4.69, 9.17) is 0 Å². The average molecular weight is 321 g/mol. The Labute approximate surface area is 135 Å². The lowest BCUT2D eigenvalue weighted by atomic mass is 9.96. The van der Waals surface area contributed by atoms with Crippen molar-refractivity contribution in [2.75, 3.05) is 39.3 Å². The standard InChI is InChI=1S/C16H23N3O2S/c1-12-2-3-14(22-12)16(21)19-10-8-18(9-11-19)15(20)13-4-6-17-7-5-13/h2-3,13,17H,4-11H2,1H3. The van der Waals surface area contributed by atoms with Crippen molar-refractivity contribution < 1.29 is 9.59 Å². The molecule has 2 amide bonds. The second-order valence-corrected chi connectivity index (χ2v) is 7.34. The quantitative estimate of drug-likeness (QED) is 0.894.